The highest BCUT2D eigenvalue weighted by Crippen LogP contribution is 2.29. The normalized spacial score (nSPS) is 15.5. The SMILES string of the molecule is CC[C@H](Oc1ccccc1F)C(=O)N1CCN(C(c2ccccc2)c2ccccc2)CC1. The summed E-state index contributed by atoms with van der Waals surface area (Å²) in [5, 5.41) is 0. The molecule has 1 aliphatic heterocycles. The van der Waals surface area contributed by atoms with Crippen molar-refractivity contribution in [2.45, 2.75) is 25.5 Å². The summed E-state index contributed by atoms with van der Waals surface area (Å²) < 4.78 is 19.7. The van der Waals surface area contributed by atoms with Gasteiger partial charge in [-0.15, -0.1) is 0 Å². The zero-order chi connectivity index (χ0) is 22.3. The van der Waals surface area contributed by atoms with Gasteiger partial charge in [-0.2, -0.15) is 0 Å². The van der Waals surface area contributed by atoms with Gasteiger partial charge in [0.25, 0.3) is 5.91 Å². The molecule has 0 bridgehead atoms. The highest BCUT2D eigenvalue weighted by molar-refractivity contribution is 5.81. The van der Waals surface area contributed by atoms with Crippen LogP contribution in [0.3, 0.4) is 0 Å². The molecule has 3 aromatic carbocycles. The number of halogens is 1. The van der Waals surface area contributed by atoms with Gasteiger partial charge in [0.15, 0.2) is 17.7 Å². The Morgan fingerprint density at radius 2 is 1.38 bits per heavy atom. The second kappa shape index (κ2) is 10.4. The van der Waals surface area contributed by atoms with E-state index >= 15 is 0 Å². The van der Waals surface area contributed by atoms with Crippen LogP contribution in [0.5, 0.6) is 5.75 Å². The van der Waals surface area contributed by atoms with Gasteiger partial charge in [-0.1, -0.05) is 79.7 Å². The quantitative estimate of drug-likeness (QED) is 0.531. The lowest BCUT2D eigenvalue weighted by atomic mass is 9.96. The number of nitrogens with zero attached hydrogens (tertiary/aromatic N) is 2. The van der Waals surface area contributed by atoms with Crippen LogP contribution in [0.25, 0.3) is 0 Å². The molecule has 1 amide bonds. The summed E-state index contributed by atoms with van der Waals surface area (Å²) in [7, 11) is 0. The molecule has 5 heteroatoms. The lowest BCUT2D eigenvalue weighted by Gasteiger charge is -2.40. The Bertz CT molecular complexity index is 965. The maximum absolute atomic E-state index is 14.0. The van der Waals surface area contributed by atoms with Gasteiger partial charge in [-0.3, -0.25) is 9.69 Å². The smallest absolute Gasteiger partial charge is 0.263 e. The Kier molecular flexibility index (Phi) is 7.17. The topological polar surface area (TPSA) is 32.8 Å². The predicted octanol–water partition coefficient (Wildman–Crippen LogP) is 4.92. The van der Waals surface area contributed by atoms with Crippen molar-refractivity contribution in [3.63, 3.8) is 0 Å². The molecule has 1 aliphatic rings. The number of carbonyl (C=O) groups excluding carboxylic acids is 1. The summed E-state index contributed by atoms with van der Waals surface area (Å²) in [5.74, 6) is -0.400. The van der Waals surface area contributed by atoms with Crippen molar-refractivity contribution >= 4 is 5.91 Å². The number of hydrogen-bond acceptors (Lipinski definition) is 3. The van der Waals surface area contributed by atoms with Gasteiger partial charge in [-0.25, -0.2) is 4.39 Å². The number of para-hydroxylation sites is 1. The van der Waals surface area contributed by atoms with Crippen molar-refractivity contribution < 1.29 is 13.9 Å². The van der Waals surface area contributed by atoms with Crippen LogP contribution >= 0.6 is 0 Å². The fraction of sp³-hybridized carbons (Fsp3) is 0.296. The second-order valence-electron chi connectivity index (χ2n) is 8.03. The molecule has 0 aromatic heterocycles. The van der Waals surface area contributed by atoms with Crippen LogP contribution in [0.1, 0.15) is 30.5 Å². The summed E-state index contributed by atoms with van der Waals surface area (Å²) in [5.41, 5.74) is 2.49. The first-order chi connectivity index (χ1) is 15.7. The summed E-state index contributed by atoms with van der Waals surface area (Å²) in [6, 6.07) is 27.3. The molecule has 0 unspecified atom stereocenters. The van der Waals surface area contributed by atoms with E-state index in [1.165, 1.54) is 17.2 Å². The van der Waals surface area contributed by atoms with Crippen LogP contribution in [0.15, 0.2) is 84.9 Å². The van der Waals surface area contributed by atoms with Crippen LogP contribution in [-0.2, 0) is 4.79 Å². The first-order valence-corrected chi connectivity index (χ1v) is 11.2. The molecule has 0 spiro atoms. The minimum absolute atomic E-state index is 0.0774. The number of rotatable bonds is 7. The van der Waals surface area contributed by atoms with Crippen LogP contribution in [0, 0.1) is 5.82 Å². The molecule has 1 atom stereocenters. The number of ether oxygens (including phenoxy) is 1. The first-order valence-electron chi connectivity index (χ1n) is 11.2. The van der Waals surface area contributed by atoms with Crippen LogP contribution < -0.4 is 4.74 Å². The Balaban J connectivity index is 1.45. The zero-order valence-electron chi connectivity index (χ0n) is 18.4. The summed E-state index contributed by atoms with van der Waals surface area (Å²) >= 11 is 0. The fourth-order valence-corrected chi connectivity index (χ4v) is 4.29. The van der Waals surface area contributed by atoms with E-state index in [0.29, 0.717) is 19.5 Å². The third-order valence-electron chi connectivity index (χ3n) is 5.97. The molecule has 32 heavy (non-hydrogen) atoms. The van der Waals surface area contributed by atoms with Crippen molar-refractivity contribution in [2.24, 2.45) is 0 Å². The largest absolute Gasteiger partial charge is 0.478 e. The lowest BCUT2D eigenvalue weighted by Crippen LogP contribution is -2.53. The van der Waals surface area contributed by atoms with Gasteiger partial charge in [0.2, 0.25) is 0 Å². The first kappa shape index (κ1) is 22.0. The molecular weight excluding hydrogens is 403 g/mol. The molecule has 1 saturated heterocycles. The predicted molar refractivity (Wildman–Crippen MR) is 124 cm³/mol. The molecule has 0 N–H and O–H groups in total. The molecule has 1 fully saturated rings. The molecule has 1 heterocycles. The number of benzene rings is 3. The molecule has 4 nitrogen and oxygen atoms in total. The standard InChI is InChI=1S/C27H29FN2O2/c1-2-24(32-25-16-10-9-15-23(25)28)27(31)30-19-17-29(18-20-30)26(21-11-5-3-6-12-21)22-13-7-4-8-14-22/h3-16,24,26H,2,17-20H2,1H3/t24-/m0/s1. The number of piperazine rings is 1. The van der Waals surface area contributed by atoms with E-state index in [2.05, 4.69) is 53.4 Å². The monoisotopic (exact) mass is 432 g/mol. The van der Waals surface area contributed by atoms with E-state index < -0.39 is 11.9 Å². The maximum Gasteiger partial charge on any atom is 0.263 e. The molecule has 166 valence electrons. The third kappa shape index (κ3) is 5.00. The van der Waals surface area contributed by atoms with Gasteiger partial charge in [0.05, 0.1) is 6.04 Å². The van der Waals surface area contributed by atoms with E-state index in [-0.39, 0.29) is 17.7 Å². The molecule has 0 radical (unpaired) electrons. The Morgan fingerprint density at radius 1 is 0.844 bits per heavy atom. The van der Waals surface area contributed by atoms with Crippen molar-refractivity contribution in [1.82, 2.24) is 9.80 Å². The van der Waals surface area contributed by atoms with E-state index in [1.807, 2.05) is 24.0 Å². The van der Waals surface area contributed by atoms with Crippen molar-refractivity contribution in [2.75, 3.05) is 26.2 Å². The van der Waals surface area contributed by atoms with E-state index in [0.717, 1.165) is 13.1 Å². The number of carbonyl (C=O) groups is 1. The minimum Gasteiger partial charge on any atom is -0.478 e. The summed E-state index contributed by atoms with van der Waals surface area (Å²) in [4.78, 5) is 17.4. The average molecular weight is 433 g/mol. The molecule has 4 rings (SSSR count). The Labute approximate surface area is 189 Å². The number of hydrogen-bond donors (Lipinski definition) is 0. The summed E-state index contributed by atoms with van der Waals surface area (Å²) in [6.07, 6.45) is -0.193. The minimum atomic E-state index is -0.683. The van der Waals surface area contributed by atoms with E-state index in [4.69, 9.17) is 4.74 Å². The molecule has 0 aliphatic carbocycles. The van der Waals surface area contributed by atoms with Crippen molar-refractivity contribution in [3.8, 4) is 5.75 Å². The Hall–Kier alpha value is -3.18. The molecule has 0 saturated carbocycles. The number of amides is 1. The van der Waals surface area contributed by atoms with E-state index in [1.54, 1.807) is 18.2 Å². The summed E-state index contributed by atoms with van der Waals surface area (Å²) in [6.45, 7) is 4.64. The third-order valence-corrected chi connectivity index (χ3v) is 5.97. The van der Waals surface area contributed by atoms with Crippen LogP contribution in [0.4, 0.5) is 4.39 Å². The average Bonchev–Trinajstić information content (AvgIpc) is 2.85. The zero-order valence-corrected chi connectivity index (χ0v) is 18.4. The highest BCUT2D eigenvalue weighted by Gasteiger charge is 2.31. The van der Waals surface area contributed by atoms with Crippen molar-refractivity contribution in [1.29, 1.82) is 0 Å². The van der Waals surface area contributed by atoms with Gasteiger partial charge < -0.3 is 9.64 Å². The highest BCUT2D eigenvalue weighted by atomic mass is 19.1. The molecule has 3 aromatic rings. The maximum atomic E-state index is 14.0. The van der Waals surface area contributed by atoms with Gasteiger partial charge in [-0.05, 0) is 29.7 Å². The second-order valence-corrected chi connectivity index (χ2v) is 8.03. The molecular formula is C27H29FN2O2. The van der Waals surface area contributed by atoms with Crippen LogP contribution in [0.2, 0.25) is 0 Å². The van der Waals surface area contributed by atoms with Gasteiger partial charge in [0, 0.05) is 26.2 Å². The lowest BCUT2D eigenvalue weighted by molar-refractivity contribution is -0.141. The van der Waals surface area contributed by atoms with Crippen LogP contribution in [-0.4, -0.2) is 48.0 Å². The van der Waals surface area contributed by atoms with Gasteiger partial charge in [0.1, 0.15) is 0 Å². The fourth-order valence-electron chi connectivity index (χ4n) is 4.29. The van der Waals surface area contributed by atoms with Crippen molar-refractivity contribution in [3.05, 3.63) is 102 Å². The van der Waals surface area contributed by atoms with E-state index in [9.17, 15) is 9.18 Å². The van der Waals surface area contributed by atoms with Gasteiger partial charge >= 0.3 is 0 Å². The Morgan fingerprint density at radius 3 is 1.91 bits per heavy atom.